The van der Waals surface area contributed by atoms with Gasteiger partial charge in [0.2, 0.25) is 0 Å². The van der Waals surface area contributed by atoms with Gasteiger partial charge in [0.1, 0.15) is 0 Å². The standard InChI is InChI=1S/C4H8N4O2/c9-2-3(10)1-4-5-7-8-6-4/h3,9-10H,1-2H2,(H,5,6,7,8). The molecule has 1 heterocycles. The molecule has 1 aromatic heterocycles. The number of nitrogens with one attached hydrogen (secondary N) is 1. The maximum Gasteiger partial charge on any atom is 0.177 e. The molecule has 0 saturated heterocycles. The molecule has 1 unspecified atom stereocenters. The Balaban J connectivity index is 2.40. The molecular weight excluding hydrogens is 136 g/mol. The molecule has 0 bridgehead atoms. The number of aliphatic hydroxyl groups excluding tert-OH is 2. The maximum atomic E-state index is 8.86. The van der Waals surface area contributed by atoms with Crippen molar-refractivity contribution >= 4 is 0 Å². The van der Waals surface area contributed by atoms with Crippen molar-refractivity contribution in [2.75, 3.05) is 6.61 Å². The Bertz CT molecular complexity index is 175. The van der Waals surface area contributed by atoms with Crippen LogP contribution in [0.5, 0.6) is 0 Å². The number of H-pyrrole nitrogens is 1. The number of rotatable bonds is 3. The van der Waals surface area contributed by atoms with E-state index in [0.29, 0.717) is 5.82 Å². The first-order valence-corrected chi connectivity index (χ1v) is 2.84. The molecule has 6 nitrogen and oxygen atoms in total. The number of nitrogens with zero attached hydrogens (tertiary/aromatic N) is 3. The number of aromatic nitrogens is 4. The summed E-state index contributed by atoms with van der Waals surface area (Å²) in [6, 6.07) is 0. The molecule has 0 radical (unpaired) electrons. The molecule has 0 aliphatic heterocycles. The highest BCUT2D eigenvalue weighted by Gasteiger charge is 2.06. The lowest BCUT2D eigenvalue weighted by molar-refractivity contribution is 0.0939. The van der Waals surface area contributed by atoms with Crippen molar-refractivity contribution in [1.29, 1.82) is 0 Å². The number of hydrogen-bond donors (Lipinski definition) is 3. The summed E-state index contributed by atoms with van der Waals surface area (Å²) >= 11 is 0. The number of aromatic amines is 1. The van der Waals surface area contributed by atoms with Gasteiger partial charge in [-0.25, -0.2) is 0 Å². The summed E-state index contributed by atoms with van der Waals surface area (Å²) in [6.07, 6.45) is -0.565. The predicted octanol–water partition coefficient (Wildman–Crippen LogP) is -1.90. The van der Waals surface area contributed by atoms with Crippen molar-refractivity contribution in [2.45, 2.75) is 12.5 Å². The molecule has 10 heavy (non-hydrogen) atoms. The Morgan fingerprint density at radius 3 is 2.90 bits per heavy atom. The van der Waals surface area contributed by atoms with E-state index in [9.17, 15) is 0 Å². The summed E-state index contributed by atoms with van der Waals surface area (Å²) in [6.45, 7) is -0.283. The molecule has 0 aromatic carbocycles. The average Bonchev–Trinajstić information content (AvgIpc) is 2.40. The quantitative estimate of drug-likeness (QED) is 0.460. The van der Waals surface area contributed by atoms with Gasteiger partial charge in [-0.2, -0.15) is 5.21 Å². The summed E-state index contributed by atoms with van der Waals surface area (Å²) in [5.74, 6) is 0.404. The molecule has 0 aliphatic rings. The Labute approximate surface area is 56.9 Å². The lowest BCUT2D eigenvalue weighted by atomic mass is 10.3. The van der Waals surface area contributed by atoms with E-state index in [2.05, 4.69) is 20.6 Å². The van der Waals surface area contributed by atoms with Gasteiger partial charge in [-0.3, -0.25) is 0 Å². The minimum Gasteiger partial charge on any atom is -0.394 e. The van der Waals surface area contributed by atoms with Gasteiger partial charge in [-0.05, 0) is 0 Å². The van der Waals surface area contributed by atoms with Crippen molar-refractivity contribution in [1.82, 2.24) is 20.6 Å². The highest BCUT2D eigenvalue weighted by atomic mass is 16.3. The third-order valence-electron chi connectivity index (χ3n) is 1.02. The van der Waals surface area contributed by atoms with Gasteiger partial charge in [0, 0.05) is 6.42 Å². The molecule has 0 amide bonds. The van der Waals surface area contributed by atoms with Crippen LogP contribution in [0.25, 0.3) is 0 Å². The number of hydrogen-bond acceptors (Lipinski definition) is 5. The lowest BCUT2D eigenvalue weighted by Gasteiger charge is -2.00. The monoisotopic (exact) mass is 144 g/mol. The molecule has 1 rings (SSSR count). The van der Waals surface area contributed by atoms with E-state index in [1.165, 1.54) is 0 Å². The van der Waals surface area contributed by atoms with Crippen LogP contribution >= 0.6 is 0 Å². The number of aliphatic hydroxyl groups is 2. The van der Waals surface area contributed by atoms with Crippen LogP contribution in [-0.2, 0) is 6.42 Å². The average molecular weight is 144 g/mol. The highest BCUT2D eigenvalue weighted by molar-refractivity contribution is 4.79. The molecule has 1 aromatic rings. The summed E-state index contributed by atoms with van der Waals surface area (Å²) in [4.78, 5) is 0. The summed E-state index contributed by atoms with van der Waals surface area (Å²) < 4.78 is 0. The van der Waals surface area contributed by atoms with Gasteiger partial charge < -0.3 is 10.2 Å². The fraction of sp³-hybridized carbons (Fsp3) is 0.750. The molecule has 0 fully saturated rings. The zero-order valence-electron chi connectivity index (χ0n) is 5.23. The Hall–Kier alpha value is -1.01. The fourth-order valence-electron chi connectivity index (χ4n) is 0.544. The van der Waals surface area contributed by atoms with E-state index in [1.807, 2.05) is 0 Å². The van der Waals surface area contributed by atoms with E-state index < -0.39 is 6.10 Å². The van der Waals surface area contributed by atoms with Gasteiger partial charge >= 0.3 is 0 Å². The second-order valence-corrected chi connectivity index (χ2v) is 1.87. The summed E-state index contributed by atoms with van der Waals surface area (Å²) in [7, 11) is 0. The van der Waals surface area contributed by atoms with Crippen molar-refractivity contribution < 1.29 is 10.2 Å². The van der Waals surface area contributed by atoms with Crippen molar-refractivity contribution in [3.8, 4) is 0 Å². The molecule has 3 N–H and O–H groups in total. The zero-order chi connectivity index (χ0) is 7.40. The topological polar surface area (TPSA) is 94.9 Å². The maximum absolute atomic E-state index is 8.86. The lowest BCUT2D eigenvalue weighted by Crippen LogP contribution is -2.15. The molecule has 56 valence electrons. The van der Waals surface area contributed by atoms with Crippen molar-refractivity contribution in [2.24, 2.45) is 0 Å². The van der Waals surface area contributed by atoms with E-state index in [-0.39, 0.29) is 13.0 Å². The van der Waals surface area contributed by atoms with Crippen LogP contribution in [0.15, 0.2) is 0 Å². The van der Waals surface area contributed by atoms with Crippen LogP contribution in [0.4, 0.5) is 0 Å². The second-order valence-electron chi connectivity index (χ2n) is 1.87. The van der Waals surface area contributed by atoms with Gasteiger partial charge in [0.15, 0.2) is 5.82 Å². The largest absolute Gasteiger partial charge is 0.394 e. The second kappa shape index (κ2) is 3.23. The summed E-state index contributed by atoms with van der Waals surface area (Å²) in [5, 5.41) is 29.9. The summed E-state index contributed by atoms with van der Waals surface area (Å²) in [5.41, 5.74) is 0. The van der Waals surface area contributed by atoms with Crippen LogP contribution in [0.2, 0.25) is 0 Å². The third-order valence-corrected chi connectivity index (χ3v) is 1.02. The molecule has 0 aliphatic carbocycles. The smallest absolute Gasteiger partial charge is 0.177 e. The SMILES string of the molecule is OCC(O)Cc1nn[nH]n1. The highest BCUT2D eigenvalue weighted by Crippen LogP contribution is 1.91. The zero-order valence-corrected chi connectivity index (χ0v) is 5.23. The Morgan fingerprint density at radius 1 is 1.60 bits per heavy atom. The first-order chi connectivity index (χ1) is 4.83. The number of tetrazole rings is 1. The van der Waals surface area contributed by atoms with E-state index in [0.717, 1.165) is 0 Å². The minimum atomic E-state index is -0.794. The van der Waals surface area contributed by atoms with Crippen LogP contribution in [0.3, 0.4) is 0 Å². The van der Waals surface area contributed by atoms with E-state index in [1.54, 1.807) is 0 Å². The van der Waals surface area contributed by atoms with Crippen LogP contribution in [-0.4, -0.2) is 43.5 Å². The van der Waals surface area contributed by atoms with Crippen molar-refractivity contribution in [3.63, 3.8) is 0 Å². The van der Waals surface area contributed by atoms with Gasteiger partial charge in [-0.15, -0.1) is 10.2 Å². The van der Waals surface area contributed by atoms with Crippen molar-refractivity contribution in [3.05, 3.63) is 5.82 Å². The van der Waals surface area contributed by atoms with E-state index in [4.69, 9.17) is 10.2 Å². The van der Waals surface area contributed by atoms with Crippen LogP contribution < -0.4 is 0 Å². The third kappa shape index (κ3) is 1.74. The molecule has 0 saturated carbocycles. The minimum absolute atomic E-state index is 0.229. The normalized spacial score (nSPS) is 13.4. The predicted molar refractivity (Wildman–Crippen MR) is 31.0 cm³/mol. The van der Waals surface area contributed by atoms with E-state index >= 15 is 0 Å². The molecule has 0 spiro atoms. The molecular formula is C4H8N4O2. The van der Waals surface area contributed by atoms with Crippen LogP contribution in [0.1, 0.15) is 5.82 Å². The fourth-order valence-corrected chi connectivity index (χ4v) is 0.544. The van der Waals surface area contributed by atoms with Crippen LogP contribution in [0, 0.1) is 0 Å². The molecule has 1 atom stereocenters. The molecule has 6 heteroatoms. The van der Waals surface area contributed by atoms with Gasteiger partial charge in [-0.1, -0.05) is 5.21 Å². The Kier molecular flexibility index (Phi) is 2.30. The first-order valence-electron chi connectivity index (χ1n) is 2.84. The van der Waals surface area contributed by atoms with Gasteiger partial charge in [0.05, 0.1) is 12.7 Å². The first kappa shape index (κ1) is 7.10. The van der Waals surface area contributed by atoms with Gasteiger partial charge in [0.25, 0.3) is 0 Å². The Morgan fingerprint density at radius 2 is 2.40 bits per heavy atom.